The van der Waals surface area contributed by atoms with Crippen LogP contribution in [0.15, 0.2) is 192 Å². The molecule has 7 aromatic carbocycles. The standard InChI is InChI=1S/C53H34N4O/c1-3-12-33(13-4-1)34-22-24-38(25-23-34)52-54-51(37-16-5-2-6-17-37)55-53(56-52)43-20-11-21-46-48(43)42-29-28-39(32-47(42)58-46)57-44-30-26-35-14-7-9-18-40(35)49(44)50-41-19-10-8-15-36(41)27-31-45(50)57/h1-32,35,40H/i7D,8D,9D,10D,14D,15D,18D,19D,26D,27D,30D,31D. The fourth-order valence-electron chi connectivity index (χ4n) is 8.18. The van der Waals surface area contributed by atoms with Gasteiger partial charge in [0, 0.05) is 56.4 Å². The summed E-state index contributed by atoms with van der Waals surface area (Å²) in [5.41, 5.74) is 5.55. The summed E-state index contributed by atoms with van der Waals surface area (Å²) in [5, 5.41) is 0.999. The van der Waals surface area contributed by atoms with E-state index in [0.717, 1.165) is 22.3 Å². The Bertz CT molecular complexity index is 4030. The quantitative estimate of drug-likeness (QED) is 0.176. The Morgan fingerprint density at radius 3 is 2.09 bits per heavy atom. The lowest BCUT2D eigenvalue weighted by molar-refractivity contribution is 0.668. The fraction of sp³-hybridized carbons (Fsp3) is 0.0377. The molecular formula is C53H34N4O. The molecule has 5 heteroatoms. The fourth-order valence-corrected chi connectivity index (χ4v) is 8.18. The number of hydrogen-bond acceptors (Lipinski definition) is 4. The minimum absolute atomic E-state index is 0.00745. The van der Waals surface area contributed by atoms with E-state index in [1.807, 2.05) is 91.0 Å². The van der Waals surface area contributed by atoms with Gasteiger partial charge >= 0.3 is 0 Å². The third kappa shape index (κ3) is 5.14. The molecule has 0 N–H and O–H groups in total. The minimum Gasteiger partial charge on any atom is -0.456 e. The summed E-state index contributed by atoms with van der Waals surface area (Å²) in [6, 6.07) is 32.5. The molecule has 2 atom stereocenters. The zero-order valence-electron chi connectivity index (χ0n) is 42.4. The second-order valence-electron chi connectivity index (χ2n) is 14.2. The van der Waals surface area contributed by atoms with Gasteiger partial charge in [-0.05, 0) is 57.8 Å². The van der Waals surface area contributed by atoms with Gasteiger partial charge in [-0.3, -0.25) is 0 Å². The van der Waals surface area contributed by atoms with Crippen molar-refractivity contribution in [2.45, 2.75) is 5.92 Å². The van der Waals surface area contributed by atoms with Crippen LogP contribution in [-0.2, 0) is 0 Å². The second kappa shape index (κ2) is 13.0. The summed E-state index contributed by atoms with van der Waals surface area (Å²) in [7, 11) is 0. The van der Waals surface area contributed by atoms with Crippen LogP contribution >= 0.6 is 0 Å². The highest BCUT2D eigenvalue weighted by Crippen LogP contribution is 2.47. The Morgan fingerprint density at radius 2 is 1.26 bits per heavy atom. The van der Waals surface area contributed by atoms with E-state index in [9.17, 15) is 8.22 Å². The van der Waals surface area contributed by atoms with Crippen molar-refractivity contribution in [3.8, 4) is 51.0 Å². The van der Waals surface area contributed by atoms with Gasteiger partial charge in [0.15, 0.2) is 17.5 Å². The van der Waals surface area contributed by atoms with E-state index in [-0.39, 0.29) is 32.9 Å². The number of fused-ring (bicyclic) bond motifs is 10. The zero-order valence-corrected chi connectivity index (χ0v) is 30.4. The lowest BCUT2D eigenvalue weighted by atomic mass is 9.78. The summed E-state index contributed by atoms with van der Waals surface area (Å²) >= 11 is 0. The molecule has 58 heavy (non-hydrogen) atoms. The van der Waals surface area contributed by atoms with E-state index in [0.29, 0.717) is 50.7 Å². The molecular weight excluding hydrogens is 709 g/mol. The van der Waals surface area contributed by atoms with Gasteiger partial charge in [-0.15, -0.1) is 0 Å². The molecule has 0 saturated heterocycles. The molecule has 0 fully saturated rings. The van der Waals surface area contributed by atoms with Crippen molar-refractivity contribution in [2.24, 2.45) is 5.92 Å². The number of benzene rings is 7. The van der Waals surface area contributed by atoms with Gasteiger partial charge in [0.05, 0.1) is 27.7 Å². The molecule has 12 rings (SSSR count). The molecule has 0 amide bonds. The van der Waals surface area contributed by atoms with E-state index in [1.54, 1.807) is 18.2 Å². The summed E-state index contributed by atoms with van der Waals surface area (Å²) < 4.78 is 116. The highest BCUT2D eigenvalue weighted by Gasteiger charge is 2.31. The highest BCUT2D eigenvalue weighted by molar-refractivity contribution is 6.13. The molecule has 0 bridgehead atoms. The van der Waals surface area contributed by atoms with Crippen molar-refractivity contribution < 1.29 is 20.9 Å². The van der Waals surface area contributed by atoms with Gasteiger partial charge in [-0.25, -0.2) is 15.0 Å². The normalized spacial score (nSPS) is 19.7. The van der Waals surface area contributed by atoms with E-state index >= 15 is 0 Å². The first-order valence-electron chi connectivity index (χ1n) is 24.8. The van der Waals surface area contributed by atoms with Crippen LogP contribution in [0, 0.1) is 5.92 Å². The number of furan rings is 1. The second-order valence-corrected chi connectivity index (χ2v) is 14.2. The molecule has 0 spiro atoms. The molecule has 0 saturated carbocycles. The lowest BCUT2D eigenvalue weighted by Crippen LogP contribution is -2.13. The Kier molecular flexibility index (Phi) is 5.10. The van der Waals surface area contributed by atoms with Crippen molar-refractivity contribution in [1.29, 1.82) is 0 Å². The topological polar surface area (TPSA) is 56.7 Å². The van der Waals surface area contributed by atoms with Crippen molar-refractivity contribution >= 4 is 49.7 Å². The van der Waals surface area contributed by atoms with Crippen molar-refractivity contribution in [3.63, 3.8) is 0 Å². The Hall–Kier alpha value is -7.63. The van der Waals surface area contributed by atoms with E-state index in [4.69, 9.17) is 27.6 Å². The SMILES string of the molecule is [2H]C1=C([2H])C2C([2H])=C([2H])c3c(c4c5c([2H])c([2H])c([2H])c([2H])c5c([2H])c([2H])c4n3-c3ccc4c(c3)oc3cccc(-c5nc(-c6ccccc6)nc(-c6ccc(-c7ccccc7)cc6)n5)c34)C2C([2H])=C1[2H]. The van der Waals surface area contributed by atoms with Gasteiger partial charge in [0.25, 0.3) is 0 Å². The molecule has 3 heterocycles. The van der Waals surface area contributed by atoms with E-state index < -0.39 is 84.4 Å². The third-order valence-electron chi connectivity index (χ3n) is 10.9. The first-order valence-corrected chi connectivity index (χ1v) is 18.8. The maximum atomic E-state index is 9.54. The number of allylic oxidation sites excluding steroid dienone is 5. The van der Waals surface area contributed by atoms with Gasteiger partial charge < -0.3 is 8.98 Å². The Balaban J connectivity index is 1.10. The zero-order chi connectivity index (χ0) is 48.6. The smallest absolute Gasteiger partial charge is 0.164 e. The summed E-state index contributed by atoms with van der Waals surface area (Å²) in [5.74, 6) is -1.34. The highest BCUT2D eigenvalue weighted by atomic mass is 16.3. The molecule has 2 aliphatic rings. The summed E-state index contributed by atoms with van der Waals surface area (Å²) in [4.78, 5) is 15.0. The first kappa shape index (κ1) is 22.8. The third-order valence-corrected chi connectivity index (χ3v) is 10.9. The number of nitrogens with zero attached hydrogens (tertiary/aromatic N) is 4. The average Bonchev–Trinajstić information content (AvgIpc) is 3.95. The minimum atomic E-state index is -1.34. The molecule has 10 aromatic rings. The maximum absolute atomic E-state index is 9.54. The summed E-state index contributed by atoms with van der Waals surface area (Å²) in [6.45, 7) is 0. The van der Waals surface area contributed by atoms with Gasteiger partial charge in [0.1, 0.15) is 11.2 Å². The molecule has 0 radical (unpaired) electrons. The largest absolute Gasteiger partial charge is 0.456 e. The van der Waals surface area contributed by atoms with Crippen LogP contribution in [-0.4, -0.2) is 19.5 Å². The number of aromatic nitrogens is 4. The molecule has 2 unspecified atom stereocenters. The first-order chi connectivity index (χ1) is 33.7. The summed E-state index contributed by atoms with van der Waals surface area (Å²) in [6.07, 6.45) is 0. The van der Waals surface area contributed by atoms with Crippen LogP contribution in [0.2, 0.25) is 0 Å². The molecule has 5 nitrogen and oxygen atoms in total. The monoisotopic (exact) mass is 754 g/mol. The predicted molar refractivity (Wildman–Crippen MR) is 237 cm³/mol. The number of hydrogen-bond donors (Lipinski definition) is 0. The van der Waals surface area contributed by atoms with Crippen molar-refractivity contribution in [2.75, 3.05) is 0 Å². The van der Waals surface area contributed by atoms with Crippen LogP contribution < -0.4 is 0 Å². The van der Waals surface area contributed by atoms with E-state index in [2.05, 4.69) is 12.1 Å². The van der Waals surface area contributed by atoms with Crippen LogP contribution in [0.25, 0.3) is 101 Å². The maximum Gasteiger partial charge on any atom is 0.164 e. The van der Waals surface area contributed by atoms with Crippen molar-refractivity contribution in [3.05, 3.63) is 199 Å². The van der Waals surface area contributed by atoms with Gasteiger partial charge in [0.2, 0.25) is 0 Å². The molecule has 3 aromatic heterocycles. The lowest BCUT2D eigenvalue weighted by Gasteiger charge is -2.26. The number of rotatable bonds is 5. The van der Waals surface area contributed by atoms with Gasteiger partial charge in [-0.1, -0.05) is 158 Å². The molecule has 2 aliphatic carbocycles. The van der Waals surface area contributed by atoms with E-state index in [1.165, 1.54) is 4.57 Å². The molecule has 272 valence electrons. The average molecular weight is 755 g/mol. The van der Waals surface area contributed by atoms with Gasteiger partial charge in [-0.2, -0.15) is 0 Å². The Labute approximate surface area is 351 Å². The van der Waals surface area contributed by atoms with Crippen molar-refractivity contribution in [1.82, 2.24) is 19.5 Å². The van der Waals surface area contributed by atoms with Crippen LogP contribution in [0.5, 0.6) is 0 Å². The predicted octanol–water partition coefficient (Wildman–Crippen LogP) is 13.4. The molecule has 0 aliphatic heterocycles. The van der Waals surface area contributed by atoms with Crippen LogP contribution in [0.4, 0.5) is 0 Å². The van der Waals surface area contributed by atoms with Crippen LogP contribution in [0.3, 0.4) is 0 Å². The van der Waals surface area contributed by atoms with Crippen LogP contribution in [0.1, 0.15) is 33.6 Å². The Morgan fingerprint density at radius 1 is 0.552 bits per heavy atom.